The first-order valence-electron chi connectivity index (χ1n) is 9.54. The van der Waals surface area contributed by atoms with Gasteiger partial charge in [0.05, 0.1) is 0 Å². The van der Waals surface area contributed by atoms with Crippen LogP contribution in [0.2, 0.25) is 0 Å². The molecule has 0 spiro atoms. The molecule has 26 heavy (non-hydrogen) atoms. The number of rotatable bonds is 9. The number of halogens is 1. The summed E-state index contributed by atoms with van der Waals surface area (Å²) in [7, 11) is 0. The molecule has 2 amide bonds. The van der Waals surface area contributed by atoms with Crippen molar-refractivity contribution in [3.05, 3.63) is 35.6 Å². The third-order valence-corrected chi connectivity index (χ3v) is 5.84. The molecule has 1 fully saturated rings. The summed E-state index contributed by atoms with van der Waals surface area (Å²) in [6, 6.07) is 5.82. The highest BCUT2D eigenvalue weighted by molar-refractivity contribution is 7.99. The molecule has 1 heterocycles. The summed E-state index contributed by atoms with van der Waals surface area (Å²) in [5.41, 5.74) is 0.734. The fraction of sp³-hybridized carbons (Fsp3) is 0.600. The van der Waals surface area contributed by atoms with Gasteiger partial charge in [0.15, 0.2) is 0 Å². The van der Waals surface area contributed by atoms with Gasteiger partial charge in [-0.15, -0.1) is 11.8 Å². The molecule has 2 unspecified atom stereocenters. The molecule has 1 aliphatic heterocycles. The second-order valence-electron chi connectivity index (χ2n) is 6.66. The van der Waals surface area contributed by atoms with E-state index in [1.165, 1.54) is 23.9 Å². The van der Waals surface area contributed by atoms with E-state index in [-0.39, 0.29) is 23.0 Å². The molecule has 144 valence electrons. The van der Waals surface area contributed by atoms with Crippen LogP contribution in [0.3, 0.4) is 0 Å². The van der Waals surface area contributed by atoms with Gasteiger partial charge < -0.3 is 10.2 Å². The summed E-state index contributed by atoms with van der Waals surface area (Å²) in [6.07, 6.45) is 5.49. The first-order valence-corrected chi connectivity index (χ1v) is 10.6. The molecule has 0 bridgehead atoms. The van der Waals surface area contributed by atoms with Gasteiger partial charge >= 0.3 is 0 Å². The predicted octanol–water partition coefficient (Wildman–Crippen LogP) is 4.26. The van der Waals surface area contributed by atoms with Crippen LogP contribution in [0, 0.1) is 5.82 Å². The minimum Gasteiger partial charge on any atom is -0.354 e. The van der Waals surface area contributed by atoms with Crippen LogP contribution in [0.4, 0.5) is 4.39 Å². The Balaban J connectivity index is 2.07. The molecule has 2 rings (SSSR count). The van der Waals surface area contributed by atoms with Crippen LogP contribution < -0.4 is 5.32 Å². The monoisotopic (exact) mass is 380 g/mol. The maximum absolute atomic E-state index is 13.6. The molecular formula is C20H29FN2O2S. The Bertz CT molecular complexity index is 611. The number of carbonyl (C=O) groups excluding carboxylic acids is 2. The van der Waals surface area contributed by atoms with Gasteiger partial charge in [0.2, 0.25) is 11.8 Å². The number of amides is 2. The van der Waals surface area contributed by atoms with E-state index in [9.17, 15) is 14.0 Å². The molecule has 0 saturated carbocycles. The number of thioether (sulfide) groups is 1. The molecule has 1 saturated heterocycles. The van der Waals surface area contributed by atoms with Gasteiger partial charge in [-0.1, -0.05) is 45.2 Å². The van der Waals surface area contributed by atoms with Crippen molar-refractivity contribution in [1.29, 1.82) is 0 Å². The van der Waals surface area contributed by atoms with E-state index in [4.69, 9.17) is 0 Å². The zero-order valence-corrected chi connectivity index (χ0v) is 16.5. The maximum atomic E-state index is 13.6. The van der Waals surface area contributed by atoms with Gasteiger partial charge in [-0.25, -0.2) is 4.39 Å². The first kappa shape index (κ1) is 20.7. The Hall–Kier alpha value is -1.56. The fourth-order valence-electron chi connectivity index (χ4n) is 3.15. The van der Waals surface area contributed by atoms with Gasteiger partial charge in [0, 0.05) is 18.7 Å². The van der Waals surface area contributed by atoms with Gasteiger partial charge in [-0.05, 0) is 30.5 Å². The van der Waals surface area contributed by atoms with Gasteiger partial charge in [-0.3, -0.25) is 9.59 Å². The van der Waals surface area contributed by atoms with Crippen LogP contribution in [-0.4, -0.2) is 35.1 Å². The van der Waals surface area contributed by atoms with Crippen molar-refractivity contribution < 1.29 is 14.0 Å². The number of nitrogens with one attached hydrogen (secondary N) is 1. The highest BCUT2D eigenvalue weighted by Gasteiger charge is 2.41. The molecule has 4 nitrogen and oxygen atoms in total. The standard InChI is InChI=1S/C20H29FN2O2S/c1-3-5-6-7-12-22-19(25)17-14-26-20(23(17)18(24)9-4-2)15-10-8-11-16(21)13-15/h8,10-11,13,17,20H,3-7,9,12,14H2,1-2H3,(H,22,25). The van der Waals surface area contributed by atoms with Crippen LogP contribution in [-0.2, 0) is 9.59 Å². The normalized spacial score (nSPS) is 19.6. The first-order chi connectivity index (χ1) is 12.6. The highest BCUT2D eigenvalue weighted by Crippen LogP contribution is 2.42. The highest BCUT2D eigenvalue weighted by atomic mass is 32.2. The van der Waals surface area contributed by atoms with E-state index in [1.54, 1.807) is 11.0 Å². The number of hydrogen-bond donors (Lipinski definition) is 1. The Morgan fingerprint density at radius 1 is 1.23 bits per heavy atom. The molecule has 1 aromatic carbocycles. The molecule has 0 aliphatic carbocycles. The zero-order chi connectivity index (χ0) is 18.9. The zero-order valence-electron chi connectivity index (χ0n) is 15.7. The van der Waals surface area contributed by atoms with Crippen molar-refractivity contribution in [2.45, 2.75) is 63.8 Å². The van der Waals surface area contributed by atoms with E-state index in [0.717, 1.165) is 37.7 Å². The predicted molar refractivity (Wildman–Crippen MR) is 104 cm³/mol. The Morgan fingerprint density at radius 3 is 2.73 bits per heavy atom. The van der Waals surface area contributed by atoms with Crippen LogP contribution in [0.1, 0.15) is 63.3 Å². The fourth-order valence-corrected chi connectivity index (χ4v) is 4.59. The summed E-state index contributed by atoms with van der Waals surface area (Å²) in [6.45, 7) is 4.74. The molecule has 1 aliphatic rings. The number of nitrogens with zero attached hydrogens (tertiary/aromatic N) is 1. The van der Waals surface area contributed by atoms with E-state index in [2.05, 4.69) is 12.2 Å². The van der Waals surface area contributed by atoms with Gasteiger partial charge in [0.1, 0.15) is 17.2 Å². The average Bonchev–Trinajstić information content (AvgIpc) is 3.07. The number of hydrogen-bond acceptors (Lipinski definition) is 3. The lowest BCUT2D eigenvalue weighted by Gasteiger charge is -2.29. The lowest BCUT2D eigenvalue weighted by molar-refractivity contribution is -0.139. The lowest BCUT2D eigenvalue weighted by atomic mass is 10.1. The van der Waals surface area contributed by atoms with Crippen molar-refractivity contribution in [1.82, 2.24) is 10.2 Å². The third kappa shape index (κ3) is 5.47. The molecule has 6 heteroatoms. The lowest BCUT2D eigenvalue weighted by Crippen LogP contribution is -2.48. The summed E-state index contributed by atoms with van der Waals surface area (Å²) >= 11 is 1.53. The summed E-state index contributed by atoms with van der Waals surface area (Å²) in [5, 5.41) is 2.67. The number of unbranched alkanes of at least 4 members (excludes halogenated alkanes) is 3. The summed E-state index contributed by atoms with van der Waals surface area (Å²) in [4.78, 5) is 27.0. The molecule has 0 aromatic heterocycles. The molecule has 2 atom stereocenters. The second-order valence-corrected chi connectivity index (χ2v) is 7.77. The van der Waals surface area contributed by atoms with Crippen LogP contribution in [0.25, 0.3) is 0 Å². The van der Waals surface area contributed by atoms with E-state index in [0.29, 0.717) is 18.7 Å². The molecule has 1 N–H and O–H groups in total. The van der Waals surface area contributed by atoms with E-state index in [1.807, 2.05) is 13.0 Å². The minimum atomic E-state index is -0.488. The SMILES string of the molecule is CCCCCCNC(=O)C1CSC(c2cccc(F)c2)N1C(=O)CCC. The quantitative estimate of drug-likeness (QED) is 0.651. The van der Waals surface area contributed by atoms with Crippen molar-refractivity contribution >= 4 is 23.6 Å². The van der Waals surface area contributed by atoms with Crippen molar-refractivity contribution in [3.8, 4) is 0 Å². The van der Waals surface area contributed by atoms with Crippen LogP contribution in [0.15, 0.2) is 24.3 Å². The number of benzene rings is 1. The molecule has 0 radical (unpaired) electrons. The van der Waals surface area contributed by atoms with Gasteiger partial charge in [0.25, 0.3) is 0 Å². The smallest absolute Gasteiger partial charge is 0.243 e. The van der Waals surface area contributed by atoms with Gasteiger partial charge in [-0.2, -0.15) is 0 Å². The Morgan fingerprint density at radius 2 is 2.04 bits per heavy atom. The average molecular weight is 381 g/mol. The second kappa shape index (κ2) is 10.6. The number of carbonyl (C=O) groups is 2. The topological polar surface area (TPSA) is 49.4 Å². The van der Waals surface area contributed by atoms with Crippen molar-refractivity contribution in [2.75, 3.05) is 12.3 Å². The van der Waals surface area contributed by atoms with Crippen LogP contribution in [0.5, 0.6) is 0 Å². The minimum absolute atomic E-state index is 0.0436. The third-order valence-electron chi connectivity index (χ3n) is 4.52. The summed E-state index contributed by atoms with van der Waals surface area (Å²) < 4.78 is 13.6. The van der Waals surface area contributed by atoms with Crippen molar-refractivity contribution in [3.63, 3.8) is 0 Å². The Labute approximate surface area is 159 Å². The Kier molecular flexibility index (Phi) is 8.42. The maximum Gasteiger partial charge on any atom is 0.243 e. The van der Waals surface area contributed by atoms with Crippen molar-refractivity contribution in [2.24, 2.45) is 0 Å². The van der Waals surface area contributed by atoms with E-state index < -0.39 is 6.04 Å². The molecular weight excluding hydrogens is 351 g/mol. The summed E-state index contributed by atoms with van der Waals surface area (Å²) in [5.74, 6) is 0.0716. The van der Waals surface area contributed by atoms with E-state index >= 15 is 0 Å². The molecule has 1 aromatic rings. The largest absolute Gasteiger partial charge is 0.354 e. The van der Waals surface area contributed by atoms with Crippen LogP contribution >= 0.6 is 11.8 Å².